The fourth-order valence-electron chi connectivity index (χ4n) is 3.25. The Hall–Kier alpha value is -0.900. The minimum atomic E-state index is 0.700. The second kappa shape index (κ2) is 8.52. The molecule has 0 aromatic heterocycles. The predicted octanol–water partition coefficient (Wildman–Crippen LogP) is 2.36. The van der Waals surface area contributed by atoms with Crippen molar-refractivity contribution in [1.29, 1.82) is 0 Å². The van der Waals surface area contributed by atoms with E-state index in [9.17, 15) is 0 Å². The highest BCUT2D eigenvalue weighted by atomic mass is 15.2. The second-order valence-electron chi connectivity index (χ2n) is 6.35. The first kappa shape index (κ1) is 16.5. The first-order valence-electron chi connectivity index (χ1n) is 8.37. The summed E-state index contributed by atoms with van der Waals surface area (Å²) in [6.07, 6.45) is 3.79. The molecule has 1 heterocycles. The molecule has 1 aliphatic rings. The Labute approximate surface area is 130 Å². The van der Waals surface area contributed by atoms with Crippen LogP contribution in [0.15, 0.2) is 24.3 Å². The van der Waals surface area contributed by atoms with E-state index in [2.05, 4.69) is 60.4 Å². The number of hydrogen-bond acceptors (Lipinski definition) is 3. The van der Waals surface area contributed by atoms with Crippen molar-refractivity contribution in [2.45, 2.75) is 38.8 Å². The fraction of sp³-hybridized carbons (Fsp3) is 0.667. The van der Waals surface area contributed by atoms with Crippen molar-refractivity contribution >= 4 is 0 Å². The zero-order chi connectivity index (χ0) is 15.1. The number of nitrogens with one attached hydrogen (secondary N) is 1. The summed E-state index contributed by atoms with van der Waals surface area (Å²) in [4.78, 5) is 5.00. The van der Waals surface area contributed by atoms with Gasteiger partial charge in [0.25, 0.3) is 0 Å². The van der Waals surface area contributed by atoms with Crippen LogP contribution >= 0.6 is 0 Å². The summed E-state index contributed by atoms with van der Waals surface area (Å²) >= 11 is 0. The molecule has 118 valence electrons. The average molecular weight is 289 g/mol. The number of rotatable bonds is 7. The third-order valence-electron chi connectivity index (χ3n) is 4.58. The molecule has 0 aliphatic carbocycles. The summed E-state index contributed by atoms with van der Waals surface area (Å²) in [7, 11) is 4.52. The maximum atomic E-state index is 3.43. The SMILES string of the molecule is CCNCCc1ccccc1CN(C)C1CCCN(C)C1. The van der Waals surface area contributed by atoms with Crippen LogP contribution in [0.4, 0.5) is 0 Å². The third-order valence-corrected chi connectivity index (χ3v) is 4.58. The van der Waals surface area contributed by atoms with Crippen LogP contribution in [0.3, 0.4) is 0 Å². The number of likely N-dealkylation sites (tertiary alicyclic amines) is 1. The Kier molecular flexibility index (Phi) is 6.68. The third kappa shape index (κ3) is 5.10. The quantitative estimate of drug-likeness (QED) is 0.778. The Morgan fingerprint density at radius 2 is 2.05 bits per heavy atom. The van der Waals surface area contributed by atoms with Gasteiger partial charge in [0, 0.05) is 19.1 Å². The number of likely N-dealkylation sites (N-methyl/N-ethyl adjacent to an activating group) is 3. The van der Waals surface area contributed by atoms with E-state index in [0.717, 1.165) is 26.1 Å². The van der Waals surface area contributed by atoms with E-state index in [1.165, 1.54) is 37.1 Å². The summed E-state index contributed by atoms with van der Waals surface area (Å²) in [6, 6.07) is 9.62. The smallest absolute Gasteiger partial charge is 0.0236 e. The molecular formula is C18H31N3. The second-order valence-corrected chi connectivity index (χ2v) is 6.35. The van der Waals surface area contributed by atoms with Gasteiger partial charge in [-0.2, -0.15) is 0 Å². The molecule has 3 heteroatoms. The van der Waals surface area contributed by atoms with E-state index in [-0.39, 0.29) is 0 Å². The van der Waals surface area contributed by atoms with Crippen LogP contribution in [0.1, 0.15) is 30.9 Å². The standard InChI is InChI=1S/C18H31N3/c1-4-19-12-11-16-8-5-6-9-17(16)14-21(3)18-10-7-13-20(2)15-18/h5-6,8-9,18-19H,4,7,10-15H2,1-3H3. The Balaban J connectivity index is 1.94. The first-order chi connectivity index (χ1) is 10.2. The van der Waals surface area contributed by atoms with Gasteiger partial charge in [0.1, 0.15) is 0 Å². The number of hydrogen-bond donors (Lipinski definition) is 1. The lowest BCUT2D eigenvalue weighted by molar-refractivity contribution is 0.129. The van der Waals surface area contributed by atoms with Gasteiger partial charge < -0.3 is 10.2 Å². The Bertz CT molecular complexity index is 419. The predicted molar refractivity (Wildman–Crippen MR) is 90.7 cm³/mol. The first-order valence-corrected chi connectivity index (χ1v) is 8.37. The van der Waals surface area contributed by atoms with Gasteiger partial charge in [-0.05, 0) is 64.1 Å². The highest BCUT2D eigenvalue weighted by molar-refractivity contribution is 5.27. The summed E-state index contributed by atoms with van der Waals surface area (Å²) in [5, 5.41) is 3.43. The van der Waals surface area contributed by atoms with Gasteiger partial charge in [-0.3, -0.25) is 4.90 Å². The van der Waals surface area contributed by atoms with E-state index < -0.39 is 0 Å². The molecule has 1 aliphatic heterocycles. The van der Waals surface area contributed by atoms with Crippen LogP contribution in [0.25, 0.3) is 0 Å². The normalized spacial score (nSPS) is 20.1. The van der Waals surface area contributed by atoms with Crippen molar-refractivity contribution in [3.63, 3.8) is 0 Å². The summed E-state index contributed by atoms with van der Waals surface area (Å²) in [5.74, 6) is 0. The molecule has 3 nitrogen and oxygen atoms in total. The molecule has 0 radical (unpaired) electrons. The van der Waals surface area contributed by atoms with Crippen molar-refractivity contribution in [1.82, 2.24) is 15.1 Å². The highest BCUT2D eigenvalue weighted by Gasteiger charge is 2.21. The van der Waals surface area contributed by atoms with Gasteiger partial charge in [0.2, 0.25) is 0 Å². The molecule has 0 saturated carbocycles. The van der Waals surface area contributed by atoms with Crippen molar-refractivity contribution in [2.24, 2.45) is 0 Å². The fourth-order valence-corrected chi connectivity index (χ4v) is 3.25. The molecule has 0 spiro atoms. The molecule has 2 rings (SSSR count). The van der Waals surface area contributed by atoms with Crippen LogP contribution in [-0.2, 0) is 13.0 Å². The highest BCUT2D eigenvalue weighted by Crippen LogP contribution is 2.18. The van der Waals surface area contributed by atoms with E-state index in [4.69, 9.17) is 0 Å². The molecular weight excluding hydrogens is 258 g/mol. The summed E-state index contributed by atoms with van der Waals surface area (Å²) < 4.78 is 0. The van der Waals surface area contributed by atoms with Crippen molar-refractivity contribution < 1.29 is 0 Å². The molecule has 0 amide bonds. The van der Waals surface area contributed by atoms with Crippen molar-refractivity contribution in [2.75, 3.05) is 40.3 Å². The van der Waals surface area contributed by atoms with Crippen LogP contribution < -0.4 is 5.32 Å². The average Bonchev–Trinajstić information content (AvgIpc) is 2.49. The molecule has 1 aromatic carbocycles. The van der Waals surface area contributed by atoms with E-state index >= 15 is 0 Å². The van der Waals surface area contributed by atoms with Gasteiger partial charge in [0.15, 0.2) is 0 Å². The van der Waals surface area contributed by atoms with Crippen molar-refractivity contribution in [3.8, 4) is 0 Å². The largest absolute Gasteiger partial charge is 0.317 e. The zero-order valence-electron chi connectivity index (χ0n) is 13.9. The monoisotopic (exact) mass is 289 g/mol. The van der Waals surface area contributed by atoms with Crippen LogP contribution in [0.2, 0.25) is 0 Å². The topological polar surface area (TPSA) is 18.5 Å². The molecule has 21 heavy (non-hydrogen) atoms. The van der Waals surface area contributed by atoms with Gasteiger partial charge in [-0.25, -0.2) is 0 Å². The zero-order valence-corrected chi connectivity index (χ0v) is 13.9. The Morgan fingerprint density at radius 1 is 1.29 bits per heavy atom. The molecule has 1 fully saturated rings. The van der Waals surface area contributed by atoms with Gasteiger partial charge in [0.05, 0.1) is 0 Å². The number of nitrogens with zero attached hydrogens (tertiary/aromatic N) is 2. The van der Waals surface area contributed by atoms with Gasteiger partial charge in [-0.15, -0.1) is 0 Å². The van der Waals surface area contributed by atoms with E-state index in [0.29, 0.717) is 6.04 Å². The number of benzene rings is 1. The molecule has 1 aromatic rings. The lowest BCUT2D eigenvalue weighted by atomic mass is 10.0. The van der Waals surface area contributed by atoms with Gasteiger partial charge in [-0.1, -0.05) is 31.2 Å². The van der Waals surface area contributed by atoms with E-state index in [1.54, 1.807) is 0 Å². The maximum absolute atomic E-state index is 3.43. The lowest BCUT2D eigenvalue weighted by Gasteiger charge is -2.36. The molecule has 1 N–H and O–H groups in total. The van der Waals surface area contributed by atoms with Crippen LogP contribution in [-0.4, -0.2) is 56.1 Å². The molecule has 1 atom stereocenters. The van der Waals surface area contributed by atoms with Crippen molar-refractivity contribution in [3.05, 3.63) is 35.4 Å². The van der Waals surface area contributed by atoms with E-state index in [1.807, 2.05) is 0 Å². The minimum absolute atomic E-state index is 0.700. The molecule has 0 bridgehead atoms. The molecule has 1 saturated heterocycles. The maximum Gasteiger partial charge on any atom is 0.0236 e. The van der Waals surface area contributed by atoms with Crippen LogP contribution in [0, 0.1) is 0 Å². The number of piperidine rings is 1. The summed E-state index contributed by atoms with van der Waals surface area (Å²) in [5.41, 5.74) is 2.99. The lowest BCUT2D eigenvalue weighted by Crippen LogP contribution is -2.44. The summed E-state index contributed by atoms with van der Waals surface area (Å²) in [6.45, 7) is 7.82. The van der Waals surface area contributed by atoms with Gasteiger partial charge >= 0.3 is 0 Å². The molecule has 1 unspecified atom stereocenters. The Morgan fingerprint density at radius 3 is 2.76 bits per heavy atom. The minimum Gasteiger partial charge on any atom is -0.317 e. The van der Waals surface area contributed by atoms with Crippen LogP contribution in [0.5, 0.6) is 0 Å².